The summed E-state index contributed by atoms with van der Waals surface area (Å²) >= 11 is 1.75. The van der Waals surface area contributed by atoms with Crippen LogP contribution in [0.5, 0.6) is 0 Å². The standard InChI is InChI=1S/C18H18N2O2S/c1-13(23-12-15-9-7-14(11-21)8-10-15)18-19-17(20-22-18)16-5-3-2-4-6-16/h2-10,13,21H,11-12H2,1H3. The van der Waals surface area contributed by atoms with Gasteiger partial charge in [0.15, 0.2) is 0 Å². The summed E-state index contributed by atoms with van der Waals surface area (Å²) in [6.07, 6.45) is 0. The Morgan fingerprint density at radius 1 is 1.04 bits per heavy atom. The van der Waals surface area contributed by atoms with Crippen LogP contribution in [0.15, 0.2) is 59.1 Å². The second-order valence-corrected chi connectivity index (χ2v) is 6.58. The van der Waals surface area contributed by atoms with Crippen molar-refractivity contribution in [2.75, 3.05) is 0 Å². The van der Waals surface area contributed by atoms with E-state index in [-0.39, 0.29) is 11.9 Å². The van der Waals surface area contributed by atoms with Crippen LogP contribution < -0.4 is 0 Å². The summed E-state index contributed by atoms with van der Waals surface area (Å²) in [4.78, 5) is 4.49. The van der Waals surface area contributed by atoms with Gasteiger partial charge in [0, 0.05) is 11.3 Å². The van der Waals surface area contributed by atoms with Crippen molar-refractivity contribution in [2.45, 2.75) is 24.5 Å². The van der Waals surface area contributed by atoms with E-state index >= 15 is 0 Å². The monoisotopic (exact) mass is 326 g/mol. The molecule has 1 unspecified atom stereocenters. The molecule has 118 valence electrons. The van der Waals surface area contributed by atoms with Gasteiger partial charge in [-0.25, -0.2) is 0 Å². The Balaban J connectivity index is 1.62. The Bertz CT molecular complexity index is 741. The molecular formula is C18H18N2O2S. The molecule has 0 amide bonds. The lowest BCUT2D eigenvalue weighted by Gasteiger charge is -2.07. The van der Waals surface area contributed by atoms with E-state index in [1.54, 1.807) is 11.8 Å². The zero-order valence-corrected chi connectivity index (χ0v) is 13.7. The van der Waals surface area contributed by atoms with E-state index < -0.39 is 0 Å². The minimum absolute atomic E-state index is 0.0775. The Kier molecular flexibility index (Phi) is 5.10. The molecule has 0 aliphatic rings. The van der Waals surface area contributed by atoms with Gasteiger partial charge >= 0.3 is 0 Å². The number of hydrogen-bond acceptors (Lipinski definition) is 5. The first kappa shape index (κ1) is 15.8. The summed E-state index contributed by atoms with van der Waals surface area (Å²) in [6.45, 7) is 2.14. The highest BCUT2D eigenvalue weighted by Crippen LogP contribution is 2.31. The molecule has 0 aliphatic heterocycles. The third kappa shape index (κ3) is 4.00. The summed E-state index contributed by atoms with van der Waals surface area (Å²) in [5.41, 5.74) is 3.09. The van der Waals surface area contributed by atoms with Crippen LogP contribution in [-0.4, -0.2) is 15.2 Å². The molecule has 5 heteroatoms. The van der Waals surface area contributed by atoms with Gasteiger partial charge in [0.1, 0.15) is 0 Å². The van der Waals surface area contributed by atoms with E-state index in [1.807, 2.05) is 54.6 Å². The average molecular weight is 326 g/mol. The Labute approximate surface area is 139 Å². The third-order valence-electron chi connectivity index (χ3n) is 3.53. The van der Waals surface area contributed by atoms with Crippen LogP contribution >= 0.6 is 11.8 Å². The number of rotatable bonds is 6. The van der Waals surface area contributed by atoms with Crippen molar-refractivity contribution < 1.29 is 9.63 Å². The molecule has 0 radical (unpaired) electrons. The van der Waals surface area contributed by atoms with Gasteiger partial charge in [0.2, 0.25) is 11.7 Å². The lowest BCUT2D eigenvalue weighted by molar-refractivity contribution is 0.282. The lowest BCUT2D eigenvalue weighted by Crippen LogP contribution is -1.91. The van der Waals surface area contributed by atoms with Crippen LogP contribution in [-0.2, 0) is 12.4 Å². The molecule has 0 spiro atoms. The molecule has 23 heavy (non-hydrogen) atoms. The van der Waals surface area contributed by atoms with Gasteiger partial charge in [0.25, 0.3) is 0 Å². The Morgan fingerprint density at radius 2 is 1.74 bits per heavy atom. The van der Waals surface area contributed by atoms with Crippen LogP contribution in [0.4, 0.5) is 0 Å². The molecule has 2 aromatic carbocycles. The van der Waals surface area contributed by atoms with E-state index in [9.17, 15) is 0 Å². The van der Waals surface area contributed by atoms with Crippen molar-refractivity contribution in [3.63, 3.8) is 0 Å². The minimum Gasteiger partial charge on any atom is -0.392 e. The quantitative estimate of drug-likeness (QED) is 0.735. The van der Waals surface area contributed by atoms with Gasteiger partial charge in [-0.05, 0) is 18.1 Å². The number of nitrogens with zero attached hydrogens (tertiary/aromatic N) is 2. The second kappa shape index (κ2) is 7.44. The van der Waals surface area contributed by atoms with E-state index in [2.05, 4.69) is 17.1 Å². The second-order valence-electron chi connectivity index (χ2n) is 5.25. The normalized spacial score (nSPS) is 12.3. The van der Waals surface area contributed by atoms with Crippen molar-refractivity contribution >= 4 is 11.8 Å². The van der Waals surface area contributed by atoms with Gasteiger partial charge < -0.3 is 9.63 Å². The molecule has 4 nitrogen and oxygen atoms in total. The van der Waals surface area contributed by atoms with Crippen LogP contribution in [0.25, 0.3) is 11.4 Å². The number of aliphatic hydroxyl groups excluding tert-OH is 1. The SMILES string of the molecule is CC(SCc1ccc(CO)cc1)c1nc(-c2ccccc2)no1. The molecule has 3 rings (SSSR count). The number of aromatic nitrogens is 2. The molecule has 0 saturated heterocycles. The molecule has 1 aromatic heterocycles. The molecule has 0 bridgehead atoms. The van der Waals surface area contributed by atoms with Crippen LogP contribution in [0.1, 0.15) is 29.2 Å². The molecule has 1 heterocycles. The van der Waals surface area contributed by atoms with Gasteiger partial charge in [-0.15, -0.1) is 11.8 Å². The van der Waals surface area contributed by atoms with Gasteiger partial charge in [-0.3, -0.25) is 0 Å². The third-order valence-corrected chi connectivity index (χ3v) is 4.73. The van der Waals surface area contributed by atoms with Gasteiger partial charge in [-0.2, -0.15) is 4.98 Å². The van der Waals surface area contributed by atoms with Gasteiger partial charge in [-0.1, -0.05) is 59.8 Å². The largest absolute Gasteiger partial charge is 0.392 e. The number of aliphatic hydroxyl groups is 1. The lowest BCUT2D eigenvalue weighted by atomic mass is 10.2. The summed E-state index contributed by atoms with van der Waals surface area (Å²) in [5.74, 6) is 2.12. The van der Waals surface area contributed by atoms with Crippen LogP contribution in [0.3, 0.4) is 0 Å². The van der Waals surface area contributed by atoms with E-state index in [0.29, 0.717) is 11.7 Å². The molecule has 0 saturated carbocycles. The smallest absolute Gasteiger partial charge is 0.239 e. The summed E-state index contributed by atoms with van der Waals surface area (Å²) in [6, 6.07) is 17.8. The van der Waals surface area contributed by atoms with Crippen molar-refractivity contribution in [1.29, 1.82) is 0 Å². The molecule has 1 atom stereocenters. The summed E-state index contributed by atoms with van der Waals surface area (Å²) in [7, 11) is 0. The van der Waals surface area contributed by atoms with Crippen molar-refractivity contribution in [2.24, 2.45) is 0 Å². The molecule has 0 aliphatic carbocycles. The fourth-order valence-corrected chi connectivity index (χ4v) is 3.01. The molecule has 0 fully saturated rings. The molecular weight excluding hydrogens is 308 g/mol. The predicted octanol–water partition coefficient (Wildman–Crippen LogP) is 4.22. The molecule has 3 aromatic rings. The predicted molar refractivity (Wildman–Crippen MR) is 91.8 cm³/mol. The highest BCUT2D eigenvalue weighted by molar-refractivity contribution is 7.98. The van der Waals surface area contributed by atoms with Crippen LogP contribution in [0, 0.1) is 0 Å². The van der Waals surface area contributed by atoms with Crippen molar-refractivity contribution in [1.82, 2.24) is 10.1 Å². The topological polar surface area (TPSA) is 59.2 Å². The van der Waals surface area contributed by atoms with Crippen molar-refractivity contribution in [3.8, 4) is 11.4 Å². The zero-order valence-electron chi connectivity index (χ0n) is 12.8. The highest BCUT2D eigenvalue weighted by atomic mass is 32.2. The highest BCUT2D eigenvalue weighted by Gasteiger charge is 2.15. The number of hydrogen-bond donors (Lipinski definition) is 1. The van der Waals surface area contributed by atoms with Crippen LogP contribution in [0.2, 0.25) is 0 Å². The summed E-state index contributed by atoms with van der Waals surface area (Å²) < 4.78 is 5.39. The maximum Gasteiger partial charge on any atom is 0.239 e. The van der Waals surface area contributed by atoms with E-state index in [4.69, 9.17) is 9.63 Å². The Morgan fingerprint density at radius 3 is 2.43 bits per heavy atom. The molecule has 1 N–H and O–H groups in total. The fraction of sp³-hybridized carbons (Fsp3) is 0.222. The number of thioether (sulfide) groups is 1. The number of benzene rings is 2. The maximum absolute atomic E-state index is 9.06. The first-order valence-corrected chi connectivity index (χ1v) is 8.50. The van der Waals surface area contributed by atoms with Crippen molar-refractivity contribution in [3.05, 3.63) is 71.6 Å². The average Bonchev–Trinajstić information content (AvgIpc) is 3.11. The Hall–Kier alpha value is -2.11. The zero-order chi connectivity index (χ0) is 16.1. The fourth-order valence-electron chi connectivity index (χ4n) is 2.14. The van der Waals surface area contributed by atoms with E-state index in [1.165, 1.54) is 5.56 Å². The maximum atomic E-state index is 9.06. The first-order valence-electron chi connectivity index (χ1n) is 7.45. The van der Waals surface area contributed by atoms with E-state index in [0.717, 1.165) is 16.9 Å². The first-order chi connectivity index (χ1) is 11.3. The minimum atomic E-state index is 0.0775. The van der Waals surface area contributed by atoms with Gasteiger partial charge in [0.05, 0.1) is 11.9 Å². The summed E-state index contributed by atoms with van der Waals surface area (Å²) in [5, 5.41) is 13.2.